The fraction of sp³-hybridized carbons (Fsp3) is 0.263. The molecule has 0 saturated carbocycles. The van der Waals surface area contributed by atoms with Crippen LogP contribution >= 0.6 is 11.3 Å². The first-order valence-corrected chi connectivity index (χ1v) is 9.29. The Kier molecular flexibility index (Phi) is 4.62. The van der Waals surface area contributed by atoms with Crippen molar-refractivity contribution in [3.05, 3.63) is 48.0 Å². The minimum atomic E-state index is 0.530. The van der Waals surface area contributed by atoms with Gasteiger partial charge in [-0.2, -0.15) is 0 Å². The van der Waals surface area contributed by atoms with Gasteiger partial charge in [0.05, 0.1) is 22.9 Å². The Bertz CT molecular complexity index is 953. The molecule has 7 heteroatoms. The highest BCUT2D eigenvalue weighted by molar-refractivity contribution is 7.18. The van der Waals surface area contributed by atoms with Gasteiger partial charge in [0.1, 0.15) is 28.8 Å². The minimum Gasteiger partial charge on any atom is -0.491 e. The van der Waals surface area contributed by atoms with Crippen LogP contribution in [0.1, 0.15) is 24.7 Å². The van der Waals surface area contributed by atoms with E-state index in [1.807, 2.05) is 44.3 Å². The standard InChI is InChI=1S/C19H18N4O2S/c1-3-25-23-14-8-10-24-16-7-6-15(22-17(14)16)18-12(2)21-19(26-18)13-5-4-9-20-11-13/h4-7,9,11H,3,8,10H2,1-2H3. The number of rotatable bonds is 4. The summed E-state index contributed by atoms with van der Waals surface area (Å²) in [6.45, 7) is 5.03. The number of ether oxygens (including phenoxy) is 1. The van der Waals surface area contributed by atoms with Gasteiger partial charge in [-0.1, -0.05) is 5.16 Å². The Balaban J connectivity index is 1.74. The molecule has 0 unspecified atom stereocenters. The molecule has 0 spiro atoms. The molecule has 0 bridgehead atoms. The second kappa shape index (κ2) is 7.21. The third kappa shape index (κ3) is 3.17. The van der Waals surface area contributed by atoms with Gasteiger partial charge in [0.15, 0.2) is 0 Å². The van der Waals surface area contributed by atoms with Crippen LogP contribution in [0.15, 0.2) is 41.8 Å². The first-order chi connectivity index (χ1) is 12.8. The zero-order valence-corrected chi connectivity index (χ0v) is 15.4. The van der Waals surface area contributed by atoms with Gasteiger partial charge < -0.3 is 9.57 Å². The lowest BCUT2D eigenvalue weighted by molar-refractivity contribution is 0.157. The molecule has 0 aliphatic carbocycles. The van der Waals surface area contributed by atoms with E-state index in [0.29, 0.717) is 19.6 Å². The number of hydrogen-bond acceptors (Lipinski definition) is 7. The number of thiazole rings is 1. The fourth-order valence-corrected chi connectivity index (χ4v) is 3.78. The number of nitrogens with zero attached hydrogens (tertiary/aromatic N) is 4. The first-order valence-electron chi connectivity index (χ1n) is 8.47. The van der Waals surface area contributed by atoms with Gasteiger partial charge in [-0.15, -0.1) is 11.3 Å². The van der Waals surface area contributed by atoms with Crippen LogP contribution < -0.4 is 4.74 Å². The summed E-state index contributed by atoms with van der Waals surface area (Å²) in [5, 5.41) is 5.14. The van der Waals surface area contributed by atoms with Crippen LogP contribution in [-0.4, -0.2) is 33.9 Å². The van der Waals surface area contributed by atoms with Crippen LogP contribution in [0.2, 0.25) is 0 Å². The Morgan fingerprint density at radius 3 is 3.00 bits per heavy atom. The van der Waals surface area contributed by atoms with E-state index in [1.165, 1.54) is 0 Å². The molecular weight excluding hydrogens is 348 g/mol. The molecule has 3 aromatic heterocycles. The van der Waals surface area contributed by atoms with E-state index in [2.05, 4.69) is 10.1 Å². The highest BCUT2D eigenvalue weighted by atomic mass is 32.1. The molecule has 0 atom stereocenters. The smallest absolute Gasteiger partial charge is 0.147 e. The predicted molar refractivity (Wildman–Crippen MR) is 102 cm³/mol. The Morgan fingerprint density at radius 2 is 2.19 bits per heavy atom. The van der Waals surface area contributed by atoms with Crippen molar-refractivity contribution in [1.29, 1.82) is 0 Å². The van der Waals surface area contributed by atoms with E-state index in [9.17, 15) is 0 Å². The normalized spacial score (nSPS) is 14.8. The first kappa shape index (κ1) is 16.7. The number of aromatic nitrogens is 3. The number of fused-ring (bicyclic) bond motifs is 1. The summed E-state index contributed by atoms with van der Waals surface area (Å²) in [4.78, 5) is 19.9. The third-order valence-corrected chi connectivity index (χ3v) is 5.20. The summed E-state index contributed by atoms with van der Waals surface area (Å²) in [5.74, 6) is 0.744. The fourth-order valence-electron chi connectivity index (χ4n) is 2.75. The molecule has 4 heterocycles. The van der Waals surface area contributed by atoms with E-state index in [4.69, 9.17) is 19.5 Å². The second-order valence-corrected chi connectivity index (χ2v) is 6.77. The lowest BCUT2D eigenvalue weighted by Gasteiger charge is -2.18. The summed E-state index contributed by atoms with van der Waals surface area (Å²) >= 11 is 1.61. The molecule has 1 aliphatic rings. The van der Waals surface area contributed by atoms with Gasteiger partial charge in [-0.25, -0.2) is 9.97 Å². The highest BCUT2D eigenvalue weighted by Crippen LogP contribution is 2.36. The predicted octanol–water partition coefficient (Wildman–Crippen LogP) is 4.10. The topological polar surface area (TPSA) is 69.5 Å². The van der Waals surface area contributed by atoms with Gasteiger partial charge in [0.25, 0.3) is 0 Å². The molecule has 0 amide bonds. The Morgan fingerprint density at radius 1 is 1.27 bits per heavy atom. The van der Waals surface area contributed by atoms with Gasteiger partial charge in [0, 0.05) is 24.4 Å². The maximum absolute atomic E-state index is 5.71. The van der Waals surface area contributed by atoms with Gasteiger partial charge in [0.2, 0.25) is 0 Å². The monoisotopic (exact) mass is 366 g/mol. The lowest BCUT2D eigenvalue weighted by Crippen LogP contribution is -2.18. The molecule has 132 valence electrons. The maximum Gasteiger partial charge on any atom is 0.147 e. The van der Waals surface area contributed by atoms with Crippen LogP contribution in [0.4, 0.5) is 0 Å². The van der Waals surface area contributed by atoms with E-state index >= 15 is 0 Å². The average molecular weight is 366 g/mol. The van der Waals surface area contributed by atoms with Crippen molar-refractivity contribution in [1.82, 2.24) is 15.0 Å². The van der Waals surface area contributed by atoms with Crippen molar-refractivity contribution in [2.75, 3.05) is 13.2 Å². The average Bonchev–Trinajstić information content (AvgIpc) is 3.08. The lowest BCUT2D eigenvalue weighted by atomic mass is 10.1. The Hall–Kier alpha value is -2.80. The quantitative estimate of drug-likeness (QED) is 0.650. The Labute approximate surface area is 155 Å². The summed E-state index contributed by atoms with van der Waals surface area (Å²) < 4.78 is 5.71. The number of aryl methyl sites for hydroxylation is 1. The molecule has 0 aromatic carbocycles. The molecule has 0 N–H and O–H groups in total. The maximum atomic E-state index is 5.71. The number of pyridine rings is 2. The van der Waals surface area contributed by atoms with Gasteiger partial charge >= 0.3 is 0 Å². The summed E-state index contributed by atoms with van der Waals surface area (Å²) in [6.07, 6.45) is 4.27. The van der Waals surface area contributed by atoms with Crippen LogP contribution in [0, 0.1) is 6.92 Å². The van der Waals surface area contributed by atoms with Gasteiger partial charge in [-0.05, 0) is 38.1 Å². The van der Waals surface area contributed by atoms with Crippen molar-refractivity contribution in [3.8, 4) is 26.9 Å². The highest BCUT2D eigenvalue weighted by Gasteiger charge is 2.21. The molecule has 0 radical (unpaired) electrons. The van der Waals surface area contributed by atoms with E-state index in [1.54, 1.807) is 17.5 Å². The molecule has 0 saturated heterocycles. The third-order valence-electron chi connectivity index (χ3n) is 3.97. The zero-order chi connectivity index (χ0) is 17.9. The zero-order valence-electron chi connectivity index (χ0n) is 14.6. The molecule has 1 aliphatic heterocycles. The number of hydrogen-bond donors (Lipinski definition) is 0. The molecule has 0 fully saturated rings. The van der Waals surface area contributed by atoms with Crippen molar-refractivity contribution in [3.63, 3.8) is 0 Å². The van der Waals surface area contributed by atoms with E-state index in [-0.39, 0.29) is 0 Å². The SMILES string of the molecule is CCON=C1CCOc2ccc(-c3sc(-c4cccnc4)nc3C)nc21. The van der Waals surface area contributed by atoms with Crippen LogP contribution in [0.25, 0.3) is 21.1 Å². The minimum absolute atomic E-state index is 0.530. The molecule has 3 aromatic rings. The molecule has 6 nitrogen and oxygen atoms in total. The van der Waals surface area contributed by atoms with E-state index in [0.717, 1.165) is 44.0 Å². The molecule has 26 heavy (non-hydrogen) atoms. The summed E-state index contributed by atoms with van der Waals surface area (Å²) in [7, 11) is 0. The van der Waals surface area contributed by atoms with Crippen molar-refractivity contribution in [2.24, 2.45) is 5.16 Å². The van der Waals surface area contributed by atoms with E-state index < -0.39 is 0 Å². The second-order valence-electron chi connectivity index (χ2n) is 5.77. The van der Waals surface area contributed by atoms with Crippen molar-refractivity contribution in [2.45, 2.75) is 20.3 Å². The molecule has 4 rings (SSSR count). The van der Waals surface area contributed by atoms with Crippen LogP contribution in [0.3, 0.4) is 0 Å². The molecular formula is C19H18N4O2S. The summed E-state index contributed by atoms with van der Waals surface area (Å²) in [5.41, 5.74) is 4.39. The number of oxime groups is 1. The largest absolute Gasteiger partial charge is 0.491 e. The summed E-state index contributed by atoms with van der Waals surface area (Å²) in [6, 6.07) is 7.84. The van der Waals surface area contributed by atoms with Crippen LogP contribution in [-0.2, 0) is 4.84 Å². The van der Waals surface area contributed by atoms with Crippen molar-refractivity contribution >= 4 is 17.0 Å². The van der Waals surface area contributed by atoms with Crippen molar-refractivity contribution < 1.29 is 9.57 Å². The van der Waals surface area contributed by atoms with Crippen LogP contribution in [0.5, 0.6) is 5.75 Å². The van der Waals surface area contributed by atoms with Gasteiger partial charge in [-0.3, -0.25) is 4.98 Å².